The van der Waals surface area contributed by atoms with E-state index >= 15 is 0 Å². The second-order valence-corrected chi connectivity index (χ2v) is 5.66. The van der Waals surface area contributed by atoms with E-state index in [-0.39, 0.29) is 10.8 Å². The van der Waals surface area contributed by atoms with Crippen molar-refractivity contribution in [3.63, 3.8) is 0 Å². The largest absolute Gasteiger partial charge is 0.354 e. The Labute approximate surface area is 116 Å². The van der Waals surface area contributed by atoms with Gasteiger partial charge in [0.15, 0.2) is 0 Å². The smallest absolute Gasteiger partial charge is 0.267 e. The van der Waals surface area contributed by atoms with Crippen molar-refractivity contribution in [3.05, 3.63) is 18.7 Å². The third-order valence-electron chi connectivity index (χ3n) is 2.41. The molecule has 0 atom stereocenters. The number of rotatable bonds is 6. The van der Waals surface area contributed by atoms with Gasteiger partial charge in [-0.15, -0.1) is 0 Å². The molecule has 20 heavy (non-hydrogen) atoms. The maximum absolute atomic E-state index is 12.1. The summed E-state index contributed by atoms with van der Waals surface area (Å²) in [6.07, 6.45) is 4.66. The standard InChI is InChI=1S/C10H15N7O2S/c1-3-4-11-9-12-5-8(6-13-9)20(18,19)16-10-14-7-15-17(10)2/h5-7H,3-4H2,1-2H3,(H,11,12,13)(H,14,15,16). The van der Waals surface area contributed by atoms with Crippen LogP contribution in [-0.2, 0) is 17.1 Å². The van der Waals surface area contributed by atoms with Crippen molar-refractivity contribution < 1.29 is 8.42 Å². The third-order valence-corrected chi connectivity index (χ3v) is 3.69. The van der Waals surface area contributed by atoms with Crippen molar-refractivity contribution in [2.75, 3.05) is 16.6 Å². The summed E-state index contributed by atoms with van der Waals surface area (Å²) in [4.78, 5) is 11.7. The molecule has 0 amide bonds. The van der Waals surface area contributed by atoms with Gasteiger partial charge >= 0.3 is 0 Å². The second-order valence-electron chi connectivity index (χ2n) is 3.98. The zero-order valence-electron chi connectivity index (χ0n) is 11.1. The Hall–Kier alpha value is -2.23. The number of nitrogens with one attached hydrogen (secondary N) is 2. The molecule has 2 N–H and O–H groups in total. The summed E-state index contributed by atoms with van der Waals surface area (Å²) in [5.74, 6) is 0.516. The van der Waals surface area contributed by atoms with E-state index in [1.165, 1.54) is 23.4 Å². The normalized spacial score (nSPS) is 11.3. The molecule has 2 rings (SSSR count). The van der Waals surface area contributed by atoms with Crippen LogP contribution in [0.4, 0.5) is 11.9 Å². The summed E-state index contributed by atoms with van der Waals surface area (Å²) in [7, 11) is -2.19. The van der Waals surface area contributed by atoms with Crippen LogP contribution in [0.5, 0.6) is 0 Å². The highest BCUT2D eigenvalue weighted by molar-refractivity contribution is 7.92. The average Bonchev–Trinajstić information content (AvgIpc) is 2.82. The molecule has 0 radical (unpaired) electrons. The highest BCUT2D eigenvalue weighted by Crippen LogP contribution is 2.12. The highest BCUT2D eigenvalue weighted by atomic mass is 32.2. The van der Waals surface area contributed by atoms with E-state index in [2.05, 4.69) is 30.1 Å². The number of aryl methyl sites for hydroxylation is 1. The minimum absolute atomic E-state index is 0.0393. The molecular weight excluding hydrogens is 282 g/mol. The van der Waals surface area contributed by atoms with E-state index in [1.807, 2.05) is 6.92 Å². The van der Waals surface area contributed by atoms with Crippen molar-refractivity contribution in [2.24, 2.45) is 7.05 Å². The fraction of sp³-hybridized carbons (Fsp3) is 0.400. The summed E-state index contributed by atoms with van der Waals surface area (Å²) >= 11 is 0. The molecule has 0 aliphatic carbocycles. The van der Waals surface area contributed by atoms with Crippen molar-refractivity contribution in [1.82, 2.24) is 24.7 Å². The van der Waals surface area contributed by atoms with Crippen LogP contribution in [0.3, 0.4) is 0 Å². The molecule has 0 bridgehead atoms. The summed E-state index contributed by atoms with van der Waals surface area (Å²) in [6.45, 7) is 2.74. The summed E-state index contributed by atoms with van der Waals surface area (Å²) in [5, 5.41) is 6.74. The Morgan fingerprint density at radius 1 is 1.25 bits per heavy atom. The van der Waals surface area contributed by atoms with Crippen molar-refractivity contribution >= 4 is 21.9 Å². The quantitative estimate of drug-likeness (QED) is 0.784. The van der Waals surface area contributed by atoms with E-state index in [9.17, 15) is 8.42 Å². The molecule has 10 heteroatoms. The molecule has 0 saturated heterocycles. The van der Waals surface area contributed by atoms with E-state index in [0.717, 1.165) is 13.0 Å². The number of aromatic nitrogens is 5. The highest BCUT2D eigenvalue weighted by Gasteiger charge is 2.17. The summed E-state index contributed by atoms with van der Waals surface area (Å²) < 4.78 is 27.8. The van der Waals surface area contributed by atoms with Gasteiger partial charge in [0.25, 0.3) is 10.0 Å². The lowest BCUT2D eigenvalue weighted by atomic mass is 10.5. The van der Waals surface area contributed by atoms with Crippen LogP contribution in [0, 0.1) is 0 Å². The molecule has 0 spiro atoms. The van der Waals surface area contributed by atoms with E-state index in [4.69, 9.17) is 0 Å². The molecule has 2 aromatic heterocycles. The number of hydrogen-bond acceptors (Lipinski definition) is 7. The molecule has 0 aliphatic rings. The van der Waals surface area contributed by atoms with Crippen LogP contribution in [0.25, 0.3) is 0 Å². The van der Waals surface area contributed by atoms with Gasteiger partial charge in [0.2, 0.25) is 11.9 Å². The van der Waals surface area contributed by atoms with E-state index < -0.39 is 10.0 Å². The summed E-state index contributed by atoms with van der Waals surface area (Å²) in [6, 6.07) is 0. The van der Waals surface area contributed by atoms with Gasteiger partial charge in [0, 0.05) is 13.6 Å². The number of sulfonamides is 1. The van der Waals surface area contributed by atoms with Crippen LogP contribution >= 0.6 is 0 Å². The monoisotopic (exact) mass is 297 g/mol. The predicted molar refractivity (Wildman–Crippen MR) is 72.6 cm³/mol. The Morgan fingerprint density at radius 3 is 2.50 bits per heavy atom. The van der Waals surface area contributed by atoms with Gasteiger partial charge in [-0.05, 0) is 6.42 Å². The zero-order chi connectivity index (χ0) is 14.6. The first-order chi connectivity index (χ1) is 9.53. The van der Waals surface area contributed by atoms with Crippen LogP contribution in [0.1, 0.15) is 13.3 Å². The van der Waals surface area contributed by atoms with Crippen molar-refractivity contribution in [1.29, 1.82) is 0 Å². The van der Waals surface area contributed by atoms with Crippen LogP contribution in [0.2, 0.25) is 0 Å². The molecule has 0 aliphatic heterocycles. The fourth-order valence-corrected chi connectivity index (χ4v) is 2.28. The third kappa shape index (κ3) is 3.20. The molecular formula is C10H15N7O2S. The lowest BCUT2D eigenvalue weighted by Gasteiger charge is -2.07. The molecule has 2 aromatic rings. The SMILES string of the molecule is CCCNc1ncc(S(=O)(=O)Nc2ncnn2C)cn1. The first kappa shape index (κ1) is 14.2. The number of anilines is 2. The molecule has 0 unspecified atom stereocenters. The molecule has 0 fully saturated rings. The van der Waals surface area contributed by atoms with Crippen molar-refractivity contribution in [3.8, 4) is 0 Å². The van der Waals surface area contributed by atoms with Gasteiger partial charge in [-0.2, -0.15) is 10.1 Å². The predicted octanol–water partition coefficient (Wildman–Crippen LogP) is 0.228. The fourth-order valence-electron chi connectivity index (χ4n) is 1.35. The molecule has 2 heterocycles. The van der Waals surface area contributed by atoms with Crippen molar-refractivity contribution in [2.45, 2.75) is 18.2 Å². The molecule has 9 nitrogen and oxygen atoms in total. The van der Waals surface area contributed by atoms with Gasteiger partial charge in [0.05, 0.1) is 12.4 Å². The van der Waals surface area contributed by atoms with Gasteiger partial charge in [-0.25, -0.2) is 27.8 Å². The average molecular weight is 297 g/mol. The van der Waals surface area contributed by atoms with E-state index in [1.54, 1.807) is 7.05 Å². The lowest BCUT2D eigenvalue weighted by molar-refractivity contribution is 0.599. The summed E-state index contributed by atoms with van der Waals surface area (Å²) in [5.41, 5.74) is 0. The topological polar surface area (TPSA) is 115 Å². The lowest BCUT2D eigenvalue weighted by Crippen LogP contribution is -2.17. The van der Waals surface area contributed by atoms with Gasteiger partial charge in [-0.3, -0.25) is 0 Å². The number of hydrogen-bond donors (Lipinski definition) is 2. The second kappa shape index (κ2) is 5.82. The van der Waals surface area contributed by atoms with E-state index in [0.29, 0.717) is 5.95 Å². The Bertz CT molecular complexity index is 665. The zero-order valence-corrected chi connectivity index (χ0v) is 11.9. The maximum atomic E-state index is 12.1. The minimum Gasteiger partial charge on any atom is -0.354 e. The molecule has 0 saturated carbocycles. The molecule has 108 valence electrons. The Morgan fingerprint density at radius 2 is 1.95 bits per heavy atom. The first-order valence-corrected chi connectivity index (χ1v) is 7.44. The van der Waals surface area contributed by atoms with Gasteiger partial charge in [-0.1, -0.05) is 6.92 Å². The van der Waals surface area contributed by atoms with Crippen LogP contribution < -0.4 is 10.0 Å². The minimum atomic E-state index is -3.77. The van der Waals surface area contributed by atoms with Crippen LogP contribution in [-0.4, -0.2) is 39.7 Å². The van der Waals surface area contributed by atoms with Crippen LogP contribution in [0.15, 0.2) is 23.6 Å². The first-order valence-electron chi connectivity index (χ1n) is 5.95. The molecule has 0 aromatic carbocycles. The Kier molecular flexibility index (Phi) is 4.13. The Balaban J connectivity index is 2.15. The number of nitrogens with zero attached hydrogens (tertiary/aromatic N) is 5. The maximum Gasteiger partial charge on any atom is 0.267 e. The van der Waals surface area contributed by atoms with Gasteiger partial charge < -0.3 is 5.32 Å². The van der Waals surface area contributed by atoms with Gasteiger partial charge in [0.1, 0.15) is 11.2 Å².